The van der Waals surface area contributed by atoms with E-state index >= 15 is 0 Å². The first-order chi connectivity index (χ1) is 8.50. The van der Waals surface area contributed by atoms with Crippen molar-refractivity contribution in [2.24, 2.45) is 0 Å². The quantitative estimate of drug-likeness (QED) is 0.844. The number of hydrogen-bond donors (Lipinski definition) is 2. The number of ether oxygens (including phenoxy) is 1. The molecule has 0 aromatic heterocycles. The molecule has 0 aliphatic heterocycles. The fraction of sp³-hybridized carbons (Fsp3) is 0.200. The summed E-state index contributed by atoms with van der Waals surface area (Å²) in [7, 11) is 0. The minimum atomic E-state index is -0.0178. The molecule has 2 aromatic rings. The van der Waals surface area contributed by atoms with Gasteiger partial charge in [0, 0.05) is 5.56 Å². The van der Waals surface area contributed by atoms with Crippen molar-refractivity contribution in [3.05, 3.63) is 47.0 Å². The molecule has 0 aliphatic rings. The van der Waals surface area contributed by atoms with Gasteiger partial charge >= 0.3 is 0 Å². The van der Waals surface area contributed by atoms with E-state index in [0.717, 1.165) is 5.56 Å². The van der Waals surface area contributed by atoms with Gasteiger partial charge in [-0.15, -0.1) is 0 Å². The molecule has 0 spiro atoms. The van der Waals surface area contributed by atoms with Crippen molar-refractivity contribution in [1.29, 1.82) is 0 Å². The van der Waals surface area contributed by atoms with E-state index in [1.54, 1.807) is 19.9 Å². The third kappa shape index (κ3) is 2.12. The van der Waals surface area contributed by atoms with Crippen molar-refractivity contribution < 1.29 is 14.9 Å². The van der Waals surface area contributed by atoms with E-state index < -0.39 is 0 Å². The van der Waals surface area contributed by atoms with Crippen LogP contribution in [0.4, 0.5) is 0 Å². The summed E-state index contributed by atoms with van der Waals surface area (Å²) < 4.78 is 5.75. The predicted molar refractivity (Wildman–Crippen MR) is 70.5 cm³/mol. The first-order valence-electron chi connectivity index (χ1n) is 5.76. The van der Waals surface area contributed by atoms with E-state index in [1.807, 2.05) is 31.2 Å². The highest BCUT2D eigenvalue weighted by Gasteiger charge is 2.14. The second-order valence-electron chi connectivity index (χ2n) is 4.38. The molecule has 0 amide bonds. The summed E-state index contributed by atoms with van der Waals surface area (Å²) in [5, 5.41) is 19.6. The van der Waals surface area contributed by atoms with Gasteiger partial charge in [0.05, 0.1) is 0 Å². The van der Waals surface area contributed by atoms with Gasteiger partial charge in [-0.3, -0.25) is 0 Å². The Bertz CT molecular complexity index is 589. The Kier molecular flexibility index (Phi) is 3.15. The fourth-order valence-electron chi connectivity index (χ4n) is 1.77. The van der Waals surface area contributed by atoms with Crippen molar-refractivity contribution in [3.63, 3.8) is 0 Å². The Labute approximate surface area is 106 Å². The van der Waals surface area contributed by atoms with Crippen molar-refractivity contribution in [1.82, 2.24) is 0 Å². The number of phenols is 2. The predicted octanol–water partition coefficient (Wildman–Crippen LogP) is 3.82. The SMILES string of the molecule is Cc1ccccc1Oc1c(C)cc(O)c(C)c1O. The Morgan fingerprint density at radius 3 is 2.28 bits per heavy atom. The van der Waals surface area contributed by atoms with E-state index in [0.29, 0.717) is 22.6 Å². The molecule has 0 radical (unpaired) electrons. The van der Waals surface area contributed by atoms with Gasteiger partial charge in [-0.05, 0) is 44.0 Å². The summed E-state index contributed by atoms with van der Waals surface area (Å²) in [6, 6.07) is 9.17. The number of benzene rings is 2. The Morgan fingerprint density at radius 2 is 1.61 bits per heavy atom. The summed E-state index contributed by atoms with van der Waals surface area (Å²) >= 11 is 0. The van der Waals surface area contributed by atoms with E-state index in [-0.39, 0.29) is 11.5 Å². The number of phenolic OH excluding ortho intramolecular Hbond substituents is 2. The van der Waals surface area contributed by atoms with Gasteiger partial charge in [0.15, 0.2) is 11.5 Å². The zero-order valence-electron chi connectivity index (χ0n) is 10.7. The highest BCUT2D eigenvalue weighted by Crippen LogP contribution is 2.41. The van der Waals surface area contributed by atoms with Crippen LogP contribution in [0.1, 0.15) is 16.7 Å². The van der Waals surface area contributed by atoms with Crippen molar-refractivity contribution in [3.8, 4) is 23.0 Å². The topological polar surface area (TPSA) is 49.7 Å². The lowest BCUT2D eigenvalue weighted by Crippen LogP contribution is -1.92. The third-order valence-corrected chi connectivity index (χ3v) is 2.97. The lowest BCUT2D eigenvalue weighted by atomic mass is 10.1. The minimum Gasteiger partial charge on any atom is -0.508 e. The highest BCUT2D eigenvalue weighted by molar-refractivity contribution is 5.57. The lowest BCUT2D eigenvalue weighted by Gasteiger charge is -2.14. The minimum absolute atomic E-state index is 0.0178. The maximum absolute atomic E-state index is 10.0. The number of rotatable bonds is 2. The van der Waals surface area contributed by atoms with Crippen molar-refractivity contribution in [2.45, 2.75) is 20.8 Å². The molecule has 2 rings (SSSR count). The van der Waals surface area contributed by atoms with Gasteiger partial charge in [0.1, 0.15) is 11.5 Å². The molecule has 18 heavy (non-hydrogen) atoms. The molecule has 2 N–H and O–H groups in total. The van der Waals surface area contributed by atoms with Gasteiger partial charge in [0.2, 0.25) is 0 Å². The molecule has 0 unspecified atom stereocenters. The number of aromatic hydroxyl groups is 2. The van der Waals surface area contributed by atoms with Crippen LogP contribution < -0.4 is 4.74 Å². The van der Waals surface area contributed by atoms with Crippen molar-refractivity contribution >= 4 is 0 Å². The van der Waals surface area contributed by atoms with Gasteiger partial charge < -0.3 is 14.9 Å². The summed E-state index contributed by atoms with van der Waals surface area (Å²) in [5.41, 5.74) is 2.10. The largest absolute Gasteiger partial charge is 0.508 e. The molecule has 2 aromatic carbocycles. The van der Waals surface area contributed by atoms with E-state index in [1.165, 1.54) is 0 Å². The molecule has 0 saturated carbocycles. The van der Waals surface area contributed by atoms with E-state index in [9.17, 15) is 10.2 Å². The zero-order chi connectivity index (χ0) is 13.3. The fourth-order valence-corrected chi connectivity index (χ4v) is 1.77. The molecule has 0 atom stereocenters. The van der Waals surface area contributed by atoms with Crippen molar-refractivity contribution in [2.75, 3.05) is 0 Å². The Balaban J connectivity index is 2.47. The molecular weight excluding hydrogens is 228 g/mol. The monoisotopic (exact) mass is 244 g/mol. The van der Waals surface area contributed by atoms with Gasteiger partial charge in [-0.2, -0.15) is 0 Å². The molecule has 3 heteroatoms. The second kappa shape index (κ2) is 4.61. The smallest absolute Gasteiger partial charge is 0.172 e. The van der Waals surface area contributed by atoms with E-state index in [2.05, 4.69) is 0 Å². The maximum atomic E-state index is 10.0. The summed E-state index contributed by atoms with van der Waals surface area (Å²) in [5.74, 6) is 1.14. The Hall–Kier alpha value is -2.16. The van der Waals surface area contributed by atoms with Crippen LogP contribution in [0.2, 0.25) is 0 Å². The number of aryl methyl sites for hydroxylation is 2. The normalized spacial score (nSPS) is 10.4. The molecule has 0 bridgehead atoms. The maximum Gasteiger partial charge on any atom is 0.172 e. The second-order valence-corrected chi connectivity index (χ2v) is 4.38. The molecule has 94 valence electrons. The number of hydrogen-bond acceptors (Lipinski definition) is 3. The van der Waals surface area contributed by atoms with Crippen LogP contribution in [0.15, 0.2) is 30.3 Å². The Morgan fingerprint density at radius 1 is 0.944 bits per heavy atom. The highest BCUT2D eigenvalue weighted by atomic mass is 16.5. The van der Waals surface area contributed by atoms with Crippen LogP contribution in [0.5, 0.6) is 23.0 Å². The van der Waals surface area contributed by atoms with Crippen LogP contribution in [0.3, 0.4) is 0 Å². The van der Waals surface area contributed by atoms with Crippen LogP contribution in [-0.4, -0.2) is 10.2 Å². The van der Waals surface area contributed by atoms with Crippen LogP contribution in [-0.2, 0) is 0 Å². The van der Waals surface area contributed by atoms with Gasteiger partial charge in [-0.1, -0.05) is 18.2 Å². The first-order valence-corrected chi connectivity index (χ1v) is 5.76. The summed E-state index contributed by atoms with van der Waals surface area (Å²) in [6.07, 6.45) is 0. The molecule has 0 saturated heterocycles. The molecule has 0 aliphatic carbocycles. The molecular formula is C15H16O3. The molecule has 3 nitrogen and oxygen atoms in total. The van der Waals surface area contributed by atoms with Gasteiger partial charge in [0.25, 0.3) is 0 Å². The molecule has 0 heterocycles. The third-order valence-electron chi connectivity index (χ3n) is 2.97. The van der Waals surface area contributed by atoms with Gasteiger partial charge in [-0.25, -0.2) is 0 Å². The lowest BCUT2D eigenvalue weighted by molar-refractivity contribution is 0.395. The summed E-state index contributed by atoms with van der Waals surface area (Å²) in [4.78, 5) is 0. The average molecular weight is 244 g/mol. The standard InChI is InChI=1S/C15H16O3/c1-9-6-4-5-7-13(9)18-15-10(2)8-12(16)11(3)14(15)17/h4-8,16-17H,1-3H3. The zero-order valence-corrected chi connectivity index (χ0v) is 10.7. The van der Waals surface area contributed by atoms with Crippen LogP contribution >= 0.6 is 0 Å². The molecule has 0 fully saturated rings. The number of para-hydroxylation sites is 1. The van der Waals surface area contributed by atoms with Crippen LogP contribution in [0.25, 0.3) is 0 Å². The average Bonchev–Trinajstić information content (AvgIpc) is 2.34. The first kappa shape index (κ1) is 12.3. The van der Waals surface area contributed by atoms with E-state index in [4.69, 9.17) is 4.74 Å². The summed E-state index contributed by atoms with van der Waals surface area (Å²) in [6.45, 7) is 5.37. The van der Waals surface area contributed by atoms with Crippen LogP contribution in [0, 0.1) is 20.8 Å².